The first-order chi connectivity index (χ1) is 12.8. The van der Waals surface area contributed by atoms with Gasteiger partial charge in [0.15, 0.2) is 0 Å². The van der Waals surface area contributed by atoms with Crippen LogP contribution < -0.4 is 14.4 Å². The Bertz CT molecular complexity index is 1000. The third-order valence-corrected chi connectivity index (χ3v) is 6.39. The molecular formula is C20H22N2O4S. The lowest BCUT2D eigenvalue weighted by Crippen LogP contribution is -2.34. The van der Waals surface area contributed by atoms with Gasteiger partial charge in [-0.15, -0.1) is 0 Å². The van der Waals surface area contributed by atoms with Crippen LogP contribution in [0.15, 0.2) is 42.5 Å². The van der Waals surface area contributed by atoms with E-state index in [0.29, 0.717) is 30.7 Å². The van der Waals surface area contributed by atoms with Crippen LogP contribution in [-0.4, -0.2) is 33.2 Å². The summed E-state index contributed by atoms with van der Waals surface area (Å²) in [7, 11) is -3.34. The molecule has 7 heteroatoms. The van der Waals surface area contributed by atoms with Crippen LogP contribution in [0.1, 0.15) is 40.9 Å². The molecule has 2 heterocycles. The Labute approximate surface area is 159 Å². The fraction of sp³-hybridized carbons (Fsp3) is 0.350. The molecule has 6 nitrogen and oxygen atoms in total. The van der Waals surface area contributed by atoms with Gasteiger partial charge in [0, 0.05) is 23.6 Å². The maximum atomic E-state index is 12.8. The fourth-order valence-corrected chi connectivity index (χ4v) is 5.25. The second-order valence-corrected chi connectivity index (χ2v) is 9.02. The van der Waals surface area contributed by atoms with E-state index in [0.717, 1.165) is 16.9 Å². The number of sulfonamides is 1. The molecule has 0 aliphatic carbocycles. The Balaban J connectivity index is 1.58. The van der Waals surface area contributed by atoms with E-state index in [4.69, 9.17) is 4.74 Å². The molecular weight excluding hydrogens is 364 g/mol. The zero-order chi connectivity index (χ0) is 19.2. The van der Waals surface area contributed by atoms with Crippen molar-refractivity contribution in [3.8, 4) is 5.75 Å². The number of anilines is 1. The highest BCUT2D eigenvalue weighted by Crippen LogP contribution is 2.35. The molecule has 0 saturated carbocycles. The van der Waals surface area contributed by atoms with Crippen LogP contribution in [0.2, 0.25) is 0 Å². The Morgan fingerprint density at radius 1 is 1.22 bits per heavy atom. The van der Waals surface area contributed by atoms with E-state index in [1.54, 1.807) is 18.2 Å². The molecule has 0 radical (unpaired) electrons. The van der Waals surface area contributed by atoms with Gasteiger partial charge in [-0.2, -0.15) is 0 Å². The van der Waals surface area contributed by atoms with Gasteiger partial charge in [0.25, 0.3) is 5.91 Å². The molecule has 0 unspecified atom stereocenters. The van der Waals surface area contributed by atoms with E-state index < -0.39 is 10.0 Å². The maximum absolute atomic E-state index is 12.8. The van der Waals surface area contributed by atoms with Gasteiger partial charge in [-0.1, -0.05) is 18.2 Å². The second kappa shape index (κ2) is 6.56. The highest BCUT2D eigenvalue weighted by atomic mass is 32.2. The molecule has 0 saturated heterocycles. The highest BCUT2D eigenvalue weighted by Gasteiger charge is 2.33. The SMILES string of the molecule is C[C@@H]1Cc2cc(C(=O)N[C@@H]3CCOc4ccccc43)ccc2N1S(C)(=O)=O. The predicted molar refractivity (Wildman–Crippen MR) is 104 cm³/mol. The number of fused-ring (bicyclic) bond motifs is 2. The number of hydrogen-bond acceptors (Lipinski definition) is 4. The summed E-state index contributed by atoms with van der Waals surface area (Å²) in [5.41, 5.74) is 3.07. The summed E-state index contributed by atoms with van der Waals surface area (Å²) in [4.78, 5) is 12.8. The van der Waals surface area contributed by atoms with Gasteiger partial charge < -0.3 is 10.1 Å². The van der Waals surface area contributed by atoms with E-state index in [1.165, 1.54) is 10.6 Å². The maximum Gasteiger partial charge on any atom is 0.251 e. The molecule has 0 fully saturated rings. The van der Waals surface area contributed by atoms with Crippen LogP contribution in [0.3, 0.4) is 0 Å². The number of rotatable bonds is 3. The van der Waals surface area contributed by atoms with Crippen LogP contribution >= 0.6 is 0 Å². The highest BCUT2D eigenvalue weighted by molar-refractivity contribution is 7.92. The Kier molecular flexibility index (Phi) is 4.34. The summed E-state index contributed by atoms with van der Waals surface area (Å²) < 4.78 is 31.2. The van der Waals surface area contributed by atoms with Crippen molar-refractivity contribution in [2.75, 3.05) is 17.2 Å². The largest absolute Gasteiger partial charge is 0.493 e. The number of carbonyl (C=O) groups is 1. The summed E-state index contributed by atoms with van der Waals surface area (Å²) in [5, 5.41) is 3.08. The molecule has 0 spiro atoms. The van der Waals surface area contributed by atoms with Crippen molar-refractivity contribution >= 4 is 21.6 Å². The number of ether oxygens (including phenoxy) is 1. The van der Waals surface area contributed by atoms with Gasteiger partial charge >= 0.3 is 0 Å². The molecule has 2 aliphatic rings. The van der Waals surface area contributed by atoms with Crippen LogP contribution in [-0.2, 0) is 16.4 Å². The van der Waals surface area contributed by atoms with Crippen molar-refractivity contribution in [2.45, 2.75) is 31.8 Å². The number of carbonyl (C=O) groups excluding carboxylic acids is 1. The summed E-state index contributed by atoms with van der Waals surface area (Å²) in [6.07, 6.45) is 2.53. The first-order valence-electron chi connectivity index (χ1n) is 8.99. The third-order valence-electron chi connectivity index (χ3n) is 5.12. The molecule has 2 aliphatic heterocycles. The molecule has 2 aromatic carbocycles. The normalized spacial score (nSPS) is 21.2. The van der Waals surface area contributed by atoms with Gasteiger partial charge in [0.2, 0.25) is 10.0 Å². The average Bonchev–Trinajstić information content (AvgIpc) is 2.97. The van der Waals surface area contributed by atoms with Crippen molar-refractivity contribution in [3.63, 3.8) is 0 Å². The molecule has 4 rings (SSSR count). The van der Waals surface area contributed by atoms with E-state index in [9.17, 15) is 13.2 Å². The number of amides is 1. The zero-order valence-corrected chi connectivity index (χ0v) is 16.1. The standard InChI is InChI=1S/C20H22N2O4S/c1-13-11-15-12-14(7-8-18(15)22(13)27(2,24)25)20(23)21-17-9-10-26-19-6-4-3-5-16(17)19/h3-8,12-13,17H,9-11H2,1-2H3,(H,21,23)/t13-,17-/m1/s1. The number of para-hydroxylation sites is 1. The van der Waals surface area contributed by atoms with Crippen LogP contribution in [0.5, 0.6) is 5.75 Å². The van der Waals surface area contributed by atoms with Crippen molar-refractivity contribution in [1.82, 2.24) is 5.32 Å². The van der Waals surface area contributed by atoms with Gasteiger partial charge in [0.05, 0.1) is 24.6 Å². The number of nitrogens with one attached hydrogen (secondary N) is 1. The Morgan fingerprint density at radius 3 is 2.78 bits per heavy atom. The first-order valence-corrected chi connectivity index (χ1v) is 10.8. The molecule has 2 aromatic rings. The van der Waals surface area contributed by atoms with Crippen molar-refractivity contribution in [2.24, 2.45) is 0 Å². The third kappa shape index (κ3) is 3.27. The minimum atomic E-state index is -3.34. The summed E-state index contributed by atoms with van der Waals surface area (Å²) >= 11 is 0. The minimum absolute atomic E-state index is 0.0952. The lowest BCUT2D eigenvalue weighted by molar-refractivity contribution is 0.0924. The van der Waals surface area contributed by atoms with Gasteiger partial charge in [-0.05, 0) is 43.2 Å². The summed E-state index contributed by atoms with van der Waals surface area (Å²) in [6, 6.07) is 12.7. The Morgan fingerprint density at radius 2 is 2.00 bits per heavy atom. The number of nitrogens with zero attached hydrogens (tertiary/aromatic N) is 1. The lowest BCUT2D eigenvalue weighted by atomic mass is 9.99. The fourth-order valence-electron chi connectivity index (χ4n) is 3.98. The summed E-state index contributed by atoms with van der Waals surface area (Å²) in [5.74, 6) is 0.644. The predicted octanol–water partition coefficient (Wildman–Crippen LogP) is 2.65. The van der Waals surface area contributed by atoms with Gasteiger partial charge in [0.1, 0.15) is 5.75 Å². The lowest BCUT2D eigenvalue weighted by Gasteiger charge is -2.26. The summed E-state index contributed by atoms with van der Waals surface area (Å²) in [6.45, 7) is 2.44. The average molecular weight is 386 g/mol. The quantitative estimate of drug-likeness (QED) is 0.880. The number of benzene rings is 2. The van der Waals surface area contributed by atoms with E-state index in [2.05, 4.69) is 5.32 Å². The molecule has 2 atom stereocenters. The van der Waals surface area contributed by atoms with Crippen LogP contribution in [0.4, 0.5) is 5.69 Å². The second-order valence-electron chi connectivity index (χ2n) is 7.16. The Hall–Kier alpha value is -2.54. The zero-order valence-electron chi connectivity index (χ0n) is 15.3. The van der Waals surface area contributed by atoms with E-state index in [1.807, 2.05) is 31.2 Å². The first kappa shape index (κ1) is 17.9. The topological polar surface area (TPSA) is 75.7 Å². The smallest absolute Gasteiger partial charge is 0.251 e. The molecule has 1 N–H and O–H groups in total. The molecule has 1 amide bonds. The van der Waals surface area contributed by atoms with Gasteiger partial charge in [-0.3, -0.25) is 9.10 Å². The van der Waals surface area contributed by atoms with Gasteiger partial charge in [-0.25, -0.2) is 8.42 Å². The van der Waals surface area contributed by atoms with E-state index in [-0.39, 0.29) is 18.0 Å². The van der Waals surface area contributed by atoms with E-state index >= 15 is 0 Å². The molecule has 142 valence electrons. The molecule has 0 aromatic heterocycles. The molecule has 0 bridgehead atoms. The van der Waals surface area contributed by atoms with Crippen LogP contribution in [0, 0.1) is 0 Å². The minimum Gasteiger partial charge on any atom is -0.493 e. The van der Waals surface area contributed by atoms with Crippen molar-refractivity contribution in [1.29, 1.82) is 0 Å². The van der Waals surface area contributed by atoms with Crippen molar-refractivity contribution < 1.29 is 17.9 Å². The van der Waals surface area contributed by atoms with Crippen molar-refractivity contribution in [3.05, 3.63) is 59.2 Å². The monoisotopic (exact) mass is 386 g/mol. The van der Waals surface area contributed by atoms with Crippen LogP contribution in [0.25, 0.3) is 0 Å². The molecule has 27 heavy (non-hydrogen) atoms. The number of hydrogen-bond donors (Lipinski definition) is 1.